The molecule has 0 unspecified atom stereocenters. The molecule has 0 atom stereocenters. The summed E-state index contributed by atoms with van der Waals surface area (Å²) in [4.78, 5) is 29.0. The van der Waals surface area contributed by atoms with Gasteiger partial charge in [0, 0.05) is 32.2 Å². The van der Waals surface area contributed by atoms with Gasteiger partial charge in [-0.15, -0.1) is 5.10 Å². The lowest BCUT2D eigenvalue weighted by Crippen LogP contribution is -2.38. The van der Waals surface area contributed by atoms with Crippen LogP contribution in [-0.4, -0.2) is 53.5 Å². The highest BCUT2D eigenvalue weighted by Crippen LogP contribution is 2.24. The first-order chi connectivity index (χ1) is 16.0. The van der Waals surface area contributed by atoms with Gasteiger partial charge in [-0.05, 0) is 55.8 Å². The fourth-order valence-corrected chi connectivity index (χ4v) is 3.73. The molecular formula is C24H26FN5O3. The van der Waals surface area contributed by atoms with Crippen molar-refractivity contribution in [3.8, 4) is 11.4 Å². The molecule has 8 nitrogen and oxygen atoms in total. The molecule has 1 saturated heterocycles. The number of para-hydroxylation sites is 2. The van der Waals surface area contributed by atoms with Crippen LogP contribution in [-0.2, 0) is 0 Å². The SMILES string of the molecule is CCOc1ccccc1NC(=O)N1CCCN(c2ccc(=O)n(-c3ccc(F)cc3)n2)CC1. The second-order valence-corrected chi connectivity index (χ2v) is 7.60. The Morgan fingerprint density at radius 3 is 2.61 bits per heavy atom. The summed E-state index contributed by atoms with van der Waals surface area (Å²) in [6.07, 6.45) is 0.748. The van der Waals surface area contributed by atoms with Crippen molar-refractivity contribution in [2.24, 2.45) is 0 Å². The number of aromatic nitrogens is 2. The Bertz CT molecular complexity index is 1170. The van der Waals surface area contributed by atoms with E-state index in [1.807, 2.05) is 36.1 Å². The van der Waals surface area contributed by atoms with Crippen molar-refractivity contribution in [1.29, 1.82) is 0 Å². The largest absolute Gasteiger partial charge is 0.492 e. The minimum absolute atomic E-state index is 0.187. The summed E-state index contributed by atoms with van der Waals surface area (Å²) in [5, 5.41) is 7.42. The van der Waals surface area contributed by atoms with Gasteiger partial charge in [0.1, 0.15) is 17.4 Å². The quantitative estimate of drug-likeness (QED) is 0.642. The number of carbonyl (C=O) groups is 1. The molecule has 0 radical (unpaired) electrons. The number of hydrogen-bond donors (Lipinski definition) is 1. The number of benzene rings is 2. The molecular weight excluding hydrogens is 425 g/mol. The smallest absolute Gasteiger partial charge is 0.322 e. The number of ether oxygens (including phenoxy) is 1. The Labute approximate surface area is 191 Å². The van der Waals surface area contributed by atoms with Crippen LogP contribution in [0.25, 0.3) is 5.69 Å². The number of nitrogens with zero attached hydrogens (tertiary/aromatic N) is 4. The first kappa shape index (κ1) is 22.3. The molecule has 172 valence electrons. The number of amides is 2. The molecule has 0 saturated carbocycles. The molecule has 1 fully saturated rings. The number of anilines is 2. The van der Waals surface area contributed by atoms with Crippen molar-refractivity contribution in [3.05, 3.63) is 76.8 Å². The highest BCUT2D eigenvalue weighted by atomic mass is 19.1. The Hall–Kier alpha value is -3.88. The predicted molar refractivity (Wildman–Crippen MR) is 125 cm³/mol. The van der Waals surface area contributed by atoms with E-state index in [9.17, 15) is 14.0 Å². The lowest BCUT2D eigenvalue weighted by atomic mass is 10.3. The molecule has 2 heterocycles. The van der Waals surface area contributed by atoms with Crippen LogP contribution >= 0.6 is 0 Å². The zero-order valence-electron chi connectivity index (χ0n) is 18.4. The predicted octanol–water partition coefficient (Wildman–Crippen LogP) is 3.51. The molecule has 33 heavy (non-hydrogen) atoms. The van der Waals surface area contributed by atoms with Gasteiger partial charge in [0.15, 0.2) is 0 Å². The van der Waals surface area contributed by atoms with Crippen LogP contribution in [0.4, 0.5) is 20.7 Å². The molecule has 2 amide bonds. The van der Waals surface area contributed by atoms with Crippen molar-refractivity contribution in [3.63, 3.8) is 0 Å². The molecule has 2 aromatic carbocycles. The van der Waals surface area contributed by atoms with Crippen LogP contribution in [0.15, 0.2) is 65.5 Å². The highest BCUT2D eigenvalue weighted by molar-refractivity contribution is 5.91. The van der Waals surface area contributed by atoms with E-state index in [2.05, 4.69) is 10.4 Å². The Morgan fingerprint density at radius 2 is 1.82 bits per heavy atom. The van der Waals surface area contributed by atoms with Crippen LogP contribution in [0.1, 0.15) is 13.3 Å². The van der Waals surface area contributed by atoms with Crippen molar-refractivity contribution in [1.82, 2.24) is 14.7 Å². The van der Waals surface area contributed by atoms with Crippen molar-refractivity contribution in [2.45, 2.75) is 13.3 Å². The zero-order valence-corrected chi connectivity index (χ0v) is 18.4. The molecule has 4 rings (SSSR count). The number of urea groups is 1. The van der Waals surface area contributed by atoms with Crippen molar-refractivity contribution in [2.75, 3.05) is 43.0 Å². The highest BCUT2D eigenvalue weighted by Gasteiger charge is 2.21. The van der Waals surface area contributed by atoms with Gasteiger partial charge in [-0.3, -0.25) is 4.79 Å². The van der Waals surface area contributed by atoms with Gasteiger partial charge in [-0.1, -0.05) is 12.1 Å². The number of hydrogen-bond acceptors (Lipinski definition) is 5. The summed E-state index contributed by atoms with van der Waals surface area (Å²) < 4.78 is 20.1. The standard InChI is InChI=1S/C24H26FN5O3/c1-2-33-21-7-4-3-6-20(21)26-24(32)29-15-5-14-28(16-17-29)22-12-13-23(31)30(27-22)19-10-8-18(25)9-11-19/h3-4,6-13H,2,5,14-17H2,1H3,(H,26,32). The zero-order chi connectivity index (χ0) is 23.2. The summed E-state index contributed by atoms with van der Waals surface area (Å²) in [5.74, 6) is 0.887. The van der Waals surface area contributed by atoms with Crippen LogP contribution in [0.2, 0.25) is 0 Å². The maximum Gasteiger partial charge on any atom is 0.322 e. The van der Waals surface area contributed by atoms with E-state index in [1.54, 1.807) is 11.0 Å². The molecule has 0 spiro atoms. The fraction of sp³-hybridized carbons (Fsp3) is 0.292. The van der Waals surface area contributed by atoms with Crippen LogP contribution in [0.5, 0.6) is 5.75 Å². The average Bonchev–Trinajstić information content (AvgIpc) is 3.08. The van der Waals surface area contributed by atoms with E-state index >= 15 is 0 Å². The van der Waals surface area contributed by atoms with E-state index in [-0.39, 0.29) is 17.4 Å². The fourth-order valence-electron chi connectivity index (χ4n) is 3.73. The normalized spacial score (nSPS) is 14.0. The molecule has 1 aromatic heterocycles. The molecule has 9 heteroatoms. The lowest BCUT2D eigenvalue weighted by Gasteiger charge is -2.23. The van der Waals surface area contributed by atoms with Gasteiger partial charge >= 0.3 is 6.03 Å². The third kappa shape index (κ3) is 5.31. The van der Waals surface area contributed by atoms with Gasteiger partial charge in [-0.2, -0.15) is 4.68 Å². The van der Waals surface area contributed by atoms with Gasteiger partial charge in [0.2, 0.25) is 0 Å². The van der Waals surface area contributed by atoms with Gasteiger partial charge < -0.3 is 19.9 Å². The second kappa shape index (κ2) is 10.2. The number of carbonyl (C=O) groups excluding carboxylic acids is 1. The van der Waals surface area contributed by atoms with E-state index < -0.39 is 0 Å². The summed E-state index contributed by atoms with van der Waals surface area (Å²) in [5.41, 5.74) is 0.833. The maximum atomic E-state index is 13.3. The Kier molecular flexibility index (Phi) is 6.87. The summed E-state index contributed by atoms with van der Waals surface area (Å²) in [6.45, 7) is 4.76. The van der Waals surface area contributed by atoms with Gasteiger partial charge in [0.25, 0.3) is 5.56 Å². The first-order valence-corrected chi connectivity index (χ1v) is 10.9. The van der Waals surface area contributed by atoms with E-state index in [0.717, 1.165) is 6.42 Å². The Balaban J connectivity index is 1.45. The van der Waals surface area contributed by atoms with E-state index in [0.29, 0.717) is 55.7 Å². The third-order valence-electron chi connectivity index (χ3n) is 5.39. The monoisotopic (exact) mass is 451 g/mol. The topological polar surface area (TPSA) is 79.7 Å². The molecule has 0 aliphatic carbocycles. The number of nitrogens with one attached hydrogen (secondary N) is 1. The third-order valence-corrected chi connectivity index (χ3v) is 5.39. The van der Waals surface area contributed by atoms with Gasteiger partial charge in [0.05, 0.1) is 18.0 Å². The molecule has 1 aliphatic heterocycles. The van der Waals surface area contributed by atoms with Crippen LogP contribution in [0, 0.1) is 5.82 Å². The maximum absolute atomic E-state index is 13.3. The minimum atomic E-state index is -0.377. The molecule has 3 aromatic rings. The first-order valence-electron chi connectivity index (χ1n) is 10.9. The lowest BCUT2D eigenvalue weighted by molar-refractivity contribution is 0.215. The van der Waals surface area contributed by atoms with Crippen molar-refractivity contribution < 1.29 is 13.9 Å². The molecule has 1 N–H and O–H groups in total. The number of halogens is 1. The van der Waals surface area contributed by atoms with E-state index in [4.69, 9.17) is 4.74 Å². The van der Waals surface area contributed by atoms with Crippen LogP contribution in [0.3, 0.4) is 0 Å². The molecule has 0 bridgehead atoms. The minimum Gasteiger partial charge on any atom is -0.492 e. The summed E-state index contributed by atoms with van der Waals surface area (Å²) in [6, 6.07) is 15.9. The van der Waals surface area contributed by atoms with Gasteiger partial charge in [-0.25, -0.2) is 9.18 Å². The average molecular weight is 452 g/mol. The molecule has 1 aliphatic rings. The Morgan fingerprint density at radius 1 is 1.03 bits per heavy atom. The number of rotatable bonds is 5. The summed E-state index contributed by atoms with van der Waals surface area (Å²) in [7, 11) is 0. The van der Waals surface area contributed by atoms with Crippen LogP contribution < -0.4 is 20.5 Å². The summed E-state index contributed by atoms with van der Waals surface area (Å²) >= 11 is 0. The van der Waals surface area contributed by atoms with Crippen molar-refractivity contribution >= 4 is 17.5 Å². The second-order valence-electron chi connectivity index (χ2n) is 7.60. The van der Waals surface area contributed by atoms with E-state index in [1.165, 1.54) is 35.0 Å².